The number of nitrogens with one attached hydrogen (secondary N) is 1. The lowest BCUT2D eigenvalue weighted by Crippen LogP contribution is -1.98. The molecule has 0 atom stereocenters. The van der Waals surface area contributed by atoms with Gasteiger partial charge in [0.15, 0.2) is 5.82 Å². The lowest BCUT2D eigenvalue weighted by Gasteiger charge is -2.08. The molecule has 6 heteroatoms. The summed E-state index contributed by atoms with van der Waals surface area (Å²) in [6.45, 7) is 0. The Morgan fingerprint density at radius 1 is 1.25 bits per heavy atom. The fraction of sp³-hybridized carbons (Fsp3) is 0.143. The van der Waals surface area contributed by atoms with Gasteiger partial charge in [-0.05, 0) is 29.6 Å². The quantitative estimate of drug-likeness (QED) is 0.770. The van der Waals surface area contributed by atoms with E-state index >= 15 is 0 Å². The second kappa shape index (κ2) is 5.38. The van der Waals surface area contributed by atoms with Gasteiger partial charge in [0.25, 0.3) is 0 Å². The maximum absolute atomic E-state index is 5.35. The van der Waals surface area contributed by atoms with Crippen LogP contribution in [0.3, 0.4) is 0 Å². The van der Waals surface area contributed by atoms with Gasteiger partial charge in [0.2, 0.25) is 0 Å². The van der Waals surface area contributed by atoms with Gasteiger partial charge in [0.1, 0.15) is 16.4 Å². The highest BCUT2D eigenvalue weighted by Gasteiger charge is 2.14. The summed E-state index contributed by atoms with van der Waals surface area (Å²) < 4.78 is 6.35. The van der Waals surface area contributed by atoms with Gasteiger partial charge in [-0.25, -0.2) is 9.97 Å². The average molecular weight is 350 g/mol. The van der Waals surface area contributed by atoms with Crippen molar-refractivity contribution in [1.82, 2.24) is 9.97 Å². The van der Waals surface area contributed by atoms with Crippen LogP contribution < -0.4 is 10.1 Å². The highest BCUT2D eigenvalue weighted by molar-refractivity contribution is 9.10. The standard InChI is InChI=1S/C14H12BrN3OS/c1-16-13-9-7-8(15)3-4-10(9)17-14(18-13)12-11(19-2)5-6-20-12/h3-7H,1-2H3,(H,16,17,18). The SMILES string of the molecule is CNc1nc(-c2sccc2OC)nc2ccc(Br)cc12. The van der Waals surface area contributed by atoms with Crippen LogP contribution in [0.25, 0.3) is 21.6 Å². The zero-order valence-corrected chi connectivity index (χ0v) is 13.4. The summed E-state index contributed by atoms with van der Waals surface area (Å²) in [5.74, 6) is 2.28. The fourth-order valence-corrected chi connectivity index (χ4v) is 3.17. The Hall–Kier alpha value is -1.66. The number of thiophene rings is 1. The Morgan fingerprint density at radius 3 is 2.85 bits per heavy atom. The summed E-state index contributed by atoms with van der Waals surface area (Å²) >= 11 is 5.05. The third-order valence-corrected chi connectivity index (χ3v) is 4.33. The Balaban J connectivity index is 2.25. The highest BCUT2D eigenvalue weighted by atomic mass is 79.9. The zero-order valence-electron chi connectivity index (χ0n) is 11.0. The molecule has 0 bridgehead atoms. The average Bonchev–Trinajstić information content (AvgIpc) is 2.94. The van der Waals surface area contributed by atoms with Crippen LogP contribution in [0.2, 0.25) is 0 Å². The minimum Gasteiger partial charge on any atom is -0.495 e. The number of ether oxygens (including phenoxy) is 1. The van der Waals surface area contributed by atoms with E-state index in [1.807, 2.05) is 36.7 Å². The summed E-state index contributed by atoms with van der Waals surface area (Å²) in [5.41, 5.74) is 0.901. The Labute approximate surface area is 129 Å². The molecule has 0 saturated heterocycles. The fourth-order valence-electron chi connectivity index (χ4n) is 2.01. The Bertz CT molecular complexity index is 772. The largest absolute Gasteiger partial charge is 0.495 e. The molecule has 3 rings (SSSR count). The molecule has 0 saturated carbocycles. The van der Waals surface area contributed by atoms with Gasteiger partial charge < -0.3 is 10.1 Å². The molecule has 20 heavy (non-hydrogen) atoms. The van der Waals surface area contributed by atoms with Crippen LogP contribution in [0.1, 0.15) is 0 Å². The number of anilines is 1. The maximum atomic E-state index is 5.35. The van der Waals surface area contributed by atoms with Crippen LogP contribution in [-0.2, 0) is 0 Å². The summed E-state index contributed by atoms with van der Waals surface area (Å²) in [4.78, 5) is 10.2. The summed E-state index contributed by atoms with van der Waals surface area (Å²) in [7, 11) is 3.51. The lowest BCUT2D eigenvalue weighted by atomic mass is 10.2. The van der Waals surface area contributed by atoms with Crippen molar-refractivity contribution in [3.8, 4) is 16.5 Å². The molecule has 1 aromatic carbocycles. The minimum absolute atomic E-state index is 0.677. The number of rotatable bonds is 3. The molecule has 0 amide bonds. The van der Waals surface area contributed by atoms with Crippen LogP contribution in [0, 0.1) is 0 Å². The summed E-state index contributed by atoms with van der Waals surface area (Å²) in [6.07, 6.45) is 0. The van der Waals surface area contributed by atoms with Crippen molar-refractivity contribution in [2.24, 2.45) is 0 Å². The van der Waals surface area contributed by atoms with Crippen molar-refractivity contribution in [3.63, 3.8) is 0 Å². The number of hydrogen-bond acceptors (Lipinski definition) is 5. The van der Waals surface area contributed by atoms with E-state index in [4.69, 9.17) is 4.74 Å². The van der Waals surface area contributed by atoms with Crippen molar-refractivity contribution in [3.05, 3.63) is 34.1 Å². The number of methoxy groups -OCH3 is 1. The molecule has 0 aliphatic heterocycles. The number of benzene rings is 1. The van der Waals surface area contributed by atoms with Crippen molar-refractivity contribution < 1.29 is 4.74 Å². The minimum atomic E-state index is 0.677. The molecule has 0 spiro atoms. The van der Waals surface area contributed by atoms with Crippen LogP contribution in [-0.4, -0.2) is 24.1 Å². The first kappa shape index (κ1) is 13.3. The third kappa shape index (κ3) is 2.25. The van der Waals surface area contributed by atoms with Gasteiger partial charge in [0.05, 0.1) is 12.6 Å². The van der Waals surface area contributed by atoms with Crippen molar-refractivity contribution >= 4 is 44.0 Å². The van der Waals surface area contributed by atoms with Gasteiger partial charge in [-0.1, -0.05) is 15.9 Å². The molecule has 3 aromatic rings. The monoisotopic (exact) mass is 349 g/mol. The van der Waals surface area contributed by atoms with Crippen LogP contribution in [0.15, 0.2) is 34.1 Å². The second-order valence-corrected chi connectivity index (χ2v) is 5.96. The highest BCUT2D eigenvalue weighted by Crippen LogP contribution is 2.35. The van der Waals surface area contributed by atoms with E-state index in [0.717, 1.165) is 31.8 Å². The number of hydrogen-bond donors (Lipinski definition) is 1. The molecule has 2 heterocycles. The first-order chi connectivity index (χ1) is 9.72. The van der Waals surface area contributed by atoms with E-state index in [-0.39, 0.29) is 0 Å². The first-order valence-corrected chi connectivity index (χ1v) is 7.67. The van der Waals surface area contributed by atoms with Crippen molar-refractivity contribution in [1.29, 1.82) is 0 Å². The van der Waals surface area contributed by atoms with Gasteiger partial charge in [-0.3, -0.25) is 0 Å². The van der Waals surface area contributed by atoms with Gasteiger partial charge in [0, 0.05) is 16.9 Å². The maximum Gasteiger partial charge on any atom is 0.176 e. The van der Waals surface area contributed by atoms with Gasteiger partial charge >= 0.3 is 0 Å². The predicted octanol–water partition coefficient (Wildman–Crippen LogP) is 4.17. The normalized spacial score (nSPS) is 10.8. The molecule has 102 valence electrons. The number of halogens is 1. The van der Waals surface area contributed by atoms with E-state index in [2.05, 4.69) is 31.2 Å². The van der Waals surface area contributed by atoms with Crippen molar-refractivity contribution in [2.75, 3.05) is 19.5 Å². The lowest BCUT2D eigenvalue weighted by molar-refractivity contribution is 0.418. The molecule has 0 unspecified atom stereocenters. The van der Waals surface area contributed by atoms with E-state index in [1.165, 1.54) is 0 Å². The smallest absolute Gasteiger partial charge is 0.176 e. The van der Waals surface area contributed by atoms with E-state index < -0.39 is 0 Å². The molecule has 0 radical (unpaired) electrons. The Kier molecular flexibility index (Phi) is 3.58. The van der Waals surface area contributed by atoms with Gasteiger partial charge in [-0.2, -0.15) is 0 Å². The number of nitrogens with zero attached hydrogens (tertiary/aromatic N) is 2. The van der Waals surface area contributed by atoms with Crippen molar-refractivity contribution in [2.45, 2.75) is 0 Å². The molecular formula is C14H12BrN3OS. The predicted molar refractivity (Wildman–Crippen MR) is 86.6 cm³/mol. The Morgan fingerprint density at radius 2 is 2.10 bits per heavy atom. The molecule has 0 aliphatic rings. The summed E-state index contributed by atoms with van der Waals surface area (Å²) in [6, 6.07) is 7.89. The van der Waals surface area contributed by atoms with E-state index in [0.29, 0.717) is 5.82 Å². The number of aromatic nitrogens is 2. The molecule has 2 aromatic heterocycles. The second-order valence-electron chi connectivity index (χ2n) is 4.13. The third-order valence-electron chi connectivity index (χ3n) is 2.95. The molecule has 0 aliphatic carbocycles. The van der Waals surface area contributed by atoms with Crippen LogP contribution in [0.5, 0.6) is 5.75 Å². The van der Waals surface area contributed by atoms with E-state index in [1.54, 1.807) is 18.4 Å². The molecule has 0 fully saturated rings. The number of fused-ring (bicyclic) bond motifs is 1. The van der Waals surface area contributed by atoms with Gasteiger partial charge in [-0.15, -0.1) is 11.3 Å². The molecule has 4 nitrogen and oxygen atoms in total. The molecule has 1 N–H and O–H groups in total. The molecular weight excluding hydrogens is 338 g/mol. The van der Waals surface area contributed by atoms with E-state index in [9.17, 15) is 0 Å². The van der Waals surface area contributed by atoms with Crippen LogP contribution >= 0.6 is 27.3 Å². The van der Waals surface area contributed by atoms with Crippen LogP contribution in [0.4, 0.5) is 5.82 Å². The summed E-state index contributed by atoms with van der Waals surface area (Å²) in [5, 5.41) is 6.09. The zero-order chi connectivity index (χ0) is 14.1. The first-order valence-electron chi connectivity index (χ1n) is 6.00. The topological polar surface area (TPSA) is 47.0 Å².